The molecule has 0 amide bonds. The Labute approximate surface area is 309 Å². The van der Waals surface area contributed by atoms with Crippen molar-refractivity contribution >= 4 is 76.2 Å². The van der Waals surface area contributed by atoms with Crippen LogP contribution in [0.2, 0.25) is 0 Å². The maximum Gasteiger partial charge on any atom is 0.164 e. The molecule has 4 aromatic heterocycles. The smallest absolute Gasteiger partial charge is 0.164 e. The molecule has 0 spiro atoms. The topological polar surface area (TPSA) is 47.5 Å². The summed E-state index contributed by atoms with van der Waals surface area (Å²) >= 11 is 0. The Kier molecular flexibility index (Phi) is 5.99. The molecule has 0 saturated heterocycles. The predicted molar refractivity (Wildman–Crippen MR) is 223 cm³/mol. The molecule has 12 rings (SSSR count). The van der Waals surface area contributed by atoms with E-state index in [4.69, 9.17) is 15.0 Å². The van der Waals surface area contributed by atoms with Crippen LogP contribution < -0.4 is 0 Å². The number of hydrogen-bond donors (Lipinski definition) is 0. The monoisotopic (exact) mass is 687 g/mol. The van der Waals surface area contributed by atoms with Crippen molar-refractivity contribution in [3.8, 4) is 34.2 Å². The van der Waals surface area contributed by atoms with Gasteiger partial charge in [0.2, 0.25) is 0 Å². The first kappa shape index (κ1) is 29.2. The van der Waals surface area contributed by atoms with E-state index in [-0.39, 0.29) is 0 Å². The molecular formula is C49H29N5. The lowest BCUT2D eigenvalue weighted by Gasteiger charge is -2.12. The molecule has 0 aliphatic carbocycles. The Hall–Kier alpha value is -7.37. The zero-order valence-corrected chi connectivity index (χ0v) is 29.0. The lowest BCUT2D eigenvalue weighted by molar-refractivity contribution is 1.08. The van der Waals surface area contributed by atoms with E-state index in [0.29, 0.717) is 17.5 Å². The highest BCUT2D eigenvalue weighted by atomic mass is 15.0. The Balaban J connectivity index is 1.33. The van der Waals surface area contributed by atoms with E-state index in [0.717, 1.165) is 38.5 Å². The van der Waals surface area contributed by atoms with Crippen molar-refractivity contribution in [2.45, 2.75) is 0 Å². The Morgan fingerprint density at radius 3 is 1.57 bits per heavy atom. The highest BCUT2D eigenvalue weighted by Crippen LogP contribution is 2.44. The molecule has 0 aliphatic heterocycles. The molecule has 54 heavy (non-hydrogen) atoms. The first-order valence-electron chi connectivity index (χ1n) is 18.3. The number of fused-ring (bicyclic) bond motifs is 12. The van der Waals surface area contributed by atoms with Gasteiger partial charge in [0, 0.05) is 49.0 Å². The molecule has 0 fully saturated rings. The van der Waals surface area contributed by atoms with Gasteiger partial charge in [0.1, 0.15) is 0 Å². The molecule has 5 heteroatoms. The number of aromatic nitrogens is 5. The Bertz CT molecular complexity index is 3430. The minimum Gasteiger partial charge on any atom is -0.307 e. The number of para-hydroxylation sites is 3. The quantitative estimate of drug-likeness (QED) is 0.186. The third-order valence-corrected chi connectivity index (χ3v) is 11.1. The van der Waals surface area contributed by atoms with Crippen molar-refractivity contribution in [2.24, 2.45) is 0 Å². The minimum atomic E-state index is 0.644. The third-order valence-electron chi connectivity index (χ3n) is 11.1. The summed E-state index contributed by atoms with van der Waals surface area (Å²) in [6, 6.07) is 62.5. The van der Waals surface area contributed by atoms with Crippen LogP contribution in [0.25, 0.3) is 110 Å². The van der Waals surface area contributed by atoms with Gasteiger partial charge < -0.3 is 8.80 Å². The lowest BCUT2D eigenvalue weighted by atomic mass is 10.0. The van der Waals surface area contributed by atoms with Crippen LogP contribution in [0.4, 0.5) is 0 Å². The Morgan fingerprint density at radius 2 is 0.833 bits per heavy atom. The standard InChI is InChI=1S/C49H29N5/c1-3-15-30(16-4-1)47-50-48(31-17-5-2-6-18-31)52-49(51-47)38-25-14-28-41-43(38)37-24-13-23-35-34-21-9-11-26-39(34)53-40-27-12-10-22-36(40)44-33-20-8-7-19-32(33)29-42(46(44)53)54(41)45(35)37/h1-29H. The van der Waals surface area contributed by atoms with Gasteiger partial charge in [-0.1, -0.05) is 152 Å². The predicted octanol–water partition coefficient (Wildman–Crippen LogP) is 12.3. The van der Waals surface area contributed by atoms with Crippen LogP contribution in [-0.4, -0.2) is 23.8 Å². The van der Waals surface area contributed by atoms with Gasteiger partial charge in [0.25, 0.3) is 0 Å². The molecule has 250 valence electrons. The number of hydrogen-bond acceptors (Lipinski definition) is 3. The van der Waals surface area contributed by atoms with E-state index in [1.807, 2.05) is 36.4 Å². The molecule has 12 aromatic rings. The summed E-state index contributed by atoms with van der Waals surface area (Å²) in [6.45, 7) is 0. The maximum absolute atomic E-state index is 5.21. The second-order valence-electron chi connectivity index (χ2n) is 14.0. The lowest BCUT2D eigenvalue weighted by Crippen LogP contribution is -2.00. The molecule has 0 radical (unpaired) electrons. The Morgan fingerprint density at radius 1 is 0.315 bits per heavy atom. The van der Waals surface area contributed by atoms with Gasteiger partial charge in [0.05, 0.1) is 33.1 Å². The van der Waals surface area contributed by atoms with Gasteiger partial charge in [-0.15, -0.1) is 0 Å². The molecule has 8 aromatic carbocycles. The average Bonchev–Trinajstić information content (AvgIpc) is 3.77. The summed E-state index contributed by atoms with van der Waals surface area (Å²) in [5.74, 6) is 1.94. The molecular weight excluding hydrogens is 659 g/mol. The average molecular weight is 688 g/mol. The van der Waals surface area contributed by atoms with Crippen LogP contribution in [-0.2, 0) is 0 Å². The van der Waals surface area contributed by atoms with E-state index in [2.05, 4.69) is 148 Å². The van der Waals surface area contributed by atoms with E-state index in [9.17, 15) is 0 Å². The zero-order valence-electron chi connectivity index (χ0n) is 29.0. The molecule has 0 atom stereocenters. The van der Waals surface area contributed by atoms with Crippen molar-refractivity contribution in [2.75, 3.05) is 0 Å². The second-order valence-corrected chi connectivity index (χ2v) is 14.0. The normalized spacial score (nSPS) is 12.1. The van der Waals surface area contributed by atoms with Crippen molar-refractivity contribution in [1.82, 2.24) is 23.8 Å². The van der Waals surface area contributed by atoms with Gasteiger partial charge in [-0.25, -0.2) is 15.0 Å². The first-order valence-corrected chi connectivity index (χ1v) is 18.3. The van der Waals surface area contributed by atoms with Crippen LogP contribution >= 0.6 is 0 Å². The summed E-state index contributed by atoms with van der Waals surface area (Å²) < 4.78 is 4.99. The zero-order chi connectivity index (χ0) is 35.3. The van der Waals surface area contributed by atoms with Crippen LogP contribution in [0.1, 0.15) is 0 Å². The highest BCUT2D eigenvalue weighted by Gasteiger charge is 2.23. The van der Waals surface area contributed by atoms with E-state index in [1.165, 1.54) is 54.4 Å². The minimum absolute atomic E-state index is 0.644. The fourth-order valence-electron chi connectivity index (χ4n) is 8.84. The van der Waals surface area contributed by atoms with Crippen LogP contribution in [0, 0.1) is 0 Å². The van der Waals surface area contributed by atoms with E-state index < -0.39 is 0 Å². The molecule has 0 aliphatic rings. The molecule has 0 saturated carbocycles. The summed E-state index contributed by atoms with van der Waals surface area (Å²) in [4.78, 5) is 15.4. The number of rotatable bonds is 3. The first-order chi connectivity index (χ1) is 26.8. The SMILES string of the molecule is c1ccc(-c2nc(-c3ccccc3)nc(-c3cccc4c3c3cccc5c6ccccc6n6c7ccccc7c7c8ccccc8cc(c76)n4c53)n2)cc1. The van der Waals surface area contributed by atoms with Crippen LogP contribution in [0.3, 0.4) is 0 Å². The fourth-order valence-corrected chi connectivity index (χ4v) is 8.84. The number of benzene rings is 8. The van der Waals surface area contributed by atoms with E-state index in [1.54, 1.807) is 0 Å². The van der Waals surface area contributed by atoms with Crippen LogP contribution in [0.5, 0.6) is 0 Å². The summed E-state index contributed by atoms with van der Waals surface area (Å²) in [6.07, 6.45) is 0. The maximum atomic E-state index is 5.21. The summed E-state index contributed by atoms with van der Waals surface area (Å²) in [5, 5.41) is 9.59. The fraction of sp³-hybridized carbons (Fsp3) is 0. The van der Waals surface area contributed by atoms with E-state index >= 15 is 0 Å². The third kappa shape index (κ3) is 4.01. The van der Waals surface area contributed by atoms with Crippen molar-refractivity contribution in [3.63, 3.8) is 0 Å². The molecule has 0 unspecified atom stereocenters. The van der Waals surface area contributed by atoms with Gasteiger partial charge >= 0.3 is 0 Å². The molecule has 4 heterocycles. The van der Waals surface area contributed by atoms with Crippen molar-refractivity contribution in [1.29, 1.82) is 0 Å². The summed E-state index contributed by atoms with van der Waals surface area (Å²) in [5.41, 5.74) is 9.83. The largest absolute Gasteiger partial charge is 0.307 e. The number of nitrogens with zero attached hydrogens (tertiary/aromatic N) is 5. The van der Waals surface area contributed by atoms with Crippen molar-refractivity contribution < 1.29 is 0 Å². The van der Waals surface area contributed by atoms with Crippen molar-refractivity contribution in [3.05, 3.63) is 176 Å². The molecule has 5 nitrogen and oxygen atoms in total. The summed E-state index contributed by atoms with van der Waals surface area (Å²) in [7, 11) is 0. The van der Waals surface area contributed by atoms with Crippen LogP contribution in [0.15, 0.2) is 176 Å². The molecule has 0 bridgehead atoms. The second kappa shape index (κ2) is 11.1. The molecule has 0 N–H and O–H groups in total. The highest BCUT2D eigenvalue weighted by molar-refractivity contribution is 6.29. The van der Waals surface area contributed by atoms with Gasteiger partial charge in [0.15, 0.2) is 17.5 Å². The van der Waals surface area contributed by atoms with Gasteiger partial charge in [-0.2, -0.15) is 0 Å². The van der Waals surface area contributed by atoms with Gasteiger partial charge in [-0.05, 0) is 35.0 Å². The van der Waals surface area contributed by atoms with Gasteiger partial charge in [-0.3, -0.25) is 0 Å².